The number of nitrogens with zero attached hydrogens (tertiary/aromatic N) is 20. The topological polar surface area (TPSA) is 500 Å². The molecule has 8 aromatic heterocycles. The van der Waals surface area contributed by atoms with E-state index in [1.165, 1.54) is 38.2 Å². The first-order chi connectivity index (χ1) is 54.4. The van der Waals surface area contributed by atoms with Crippen LogP contribution in [0.5, 0.6) is 0 Å². The number of aryl methyl sites for hydroxylation is 4. The van der Waals surface area contributed by atoms with Gasteiger partial charge in [0.25, 0.3) is 17.7 Å². The molecule has 4 aliphatic rings. The Morgan fingerprint density at radius 3 is 0.912 bits per heavy atom. The van der Waals surface area contributed by atoms with E-state index in [1.54, 1.807) is 65.5 Å². The minimum absolute atomic E-state index is 0. The van der Waals surface area contributed by atoms with Gasteiger partial charge in [-0.2, -0.15) is 6.29 Å². The zero-order chi connectivity index (χ0) is 78.5. The van der Waals surface area contributed by atoms with E-state index in [0.717, 1.165) is 45.0 Å². The molecule has 0 fully saturated rings. The van der Waals surface area contributed by atoms with E-state index in [4.69, 9.17) is 23.4 Å². The van der Waals surface area contributed by atoms with Crippen LogP contribution in [0.4, 0.5) is 23.3 Å². The Morgan fingerprint density at radius 1 is 0.377 bits per heavy atom. The Labute approximate surface area is 662 Å². The first kappa shape index (κ1) is 82.7. The van der Waals surface area contributed by atoms with Crippen LogP contribution in [0.25, 0.3) is 0 Å². The largest absolute Gasteiger partial charge is 1.00 e. The molecule has 37 nitrogen and oxygen atoms in total. The van der Waals surface area contributed by atoms with Crippen molar-refractivity contribution in [2.45, 2.75) is 101 Å². The molecule has 578 valence electrons. The van der Waals surface area contributed by atoms with E-state index in [1.807, 2.05) is 121 Å². The summed E-state index contributed by atoms with van der Waals surface area (Å²) in [7, 11) is 6.53. The molecule has 0 bridgehead atoms. The van der Waals surface area contributed by atoms with Crippen molar-refractivity contribution in [3.63, 3.8) is 0 Å². The maximum atomic E-state index is 12.7. The molecule has 4 aromatic carbocycles. The number of rotatable bonds is 15. The average Bonchev–Trinajstić information content (AvgIpc) is 1.68. The summed E-state index contributed by atoms with van der Waals surface area (Å²) in [6, 6.07) is 35.9. The van der Waals surface area contributed by atoms with Gasteiger partial charge in [-0.05, 0) is 73.6 Å². The van der Waals surface area contributed by atoms with Crippen LogP contribution in [-0.4, -0.2) is 186 Å². The van der Waals surface area contributed by atoms with E-state index in [9.17, 15) is 38.4 Å². The molecule has 0 spiro atoms. The summed E-state index contributed by atoms with van der Waals surface area (Å²) in [6.07, 6.45) is 20.1. The minimum atomic E-state index is -0.724. The van der Waals surface area contributed by atoms with Crippen LogP contribution in [-0.2, 0) is 75.3 Å². The fourth-order valence-electron chi connectivity index (χ4n) is 12.0. The molecule has 38 heteroatoms. The maximum absolute atomic E-state index is 12.7. The molecule has 4 atom stereocenters. The molecule has 7 amide bonds. The van der Waals surface area contributed by atoms with E-state index in [0.29, 0.717) is 124 Å². The van der Waals surface area contributed by atoms with Crippen LogP contribution < -0.4 is 60.1 Å². The van der Waals surface area contributed by atoms with Gasteiger partial charge in [0.1, 0.15) is 24.0 Å². The first-order valence-corrected chi connectivity index (χ1v) is 35.2. The van der Waals surface area contributed by atoms with Gasteiger partial charge in [-0.25, -0.2) is 19.9 Å². The number of aromatic nitrogens is 16. The van der Waals surface area contributed by atoms with Crippen LogP contribution in [0, 0.1) is 0 Å². The molecule has 12 heterocycles. The fourth-order valence-corrected chi connectivity index (χ4v) is 12.0. The van der Waals surface area contributed by atoms with Crippen molar-refractivity contribution in [2.24, 2.45) is 5.73 Å². The SMILES string of the molecule is CN1C(=O)C(N)CCc2nccnc21.CN1C(=O)C(NC(=O)c2nnc(Cc3ccccc3)o2)CCc2nccnc21.CN1C(=O)[C@@H](NC(=O)c2nnc(Cc3ccccc3)o2)CCc2nccnc21.CN1C(=O)[C@H](NC(=O)c2nnc(Cc3ccccc3)o2)CCc2nccnc21.O=[C-]c1nnc(Cc2ccccc2)o1.[Li+].[OH-]. The maximum Gasteiger partial charge on any atom is 1.00 e. The van der Waals surface area contributed by atoms with Gasteiger partial charge in [0.05, 0.1) is 54.5 Å². The van der Waals surface area contributed by atoms with E-state index < -0.39 is 41.9 Å². The van der Waals surface area contributed by atoms with Crippen molar-refractivity contribution < 1.29 is 80.4 Å². The zero-order valence-corrected chi connectivity index (χ0v) is 62.3. The molecular weight excluding hydrogens is 1460 g/mol. The summed E-state index contributed by atoms with van der Waals surface area (Å²) in [5, 5.41) is 38.4. The third-order valence-corrected chi connectivity index (χ3v) is 17.8. The van der Waals surface area contributed by atoms with Crippen molar-refractivity contribution in [2.75, 3.05) is 47.8 Å². The molecule has 114 heavy (non-hydrogen) atoms. The summed E-state index contributed by atoms with van der Waals surface area (Å²) < 4.78 is 21.4. The van der Waals surface area contributed by atoms with E-state index in [-0.39, 0.29) is 71.5 Å². The molecule has 0 saturated carbocycles. The van der Waals surface area contributed by atoms with Gasteiger partial charge in [-0.1, -0.05) is 121 Å². The second-order valence-corrected chi connectivity index (χ2v) is 25.5. The number of hydrogen-bond acceptors (Lipinski definition) is 30. The molecule has 16 rings (SSSR count). The number of benzene rings is 4. The number of amides is 7. The van der Waals surface area contributed by atoms with Crippen LogP contribution in [0.1, 0.15) is 132 Å². The minimum Gasteiger partial charge on any atom is -0.870 e. The number of carbonyl (C=O) groups is 7. The molecule has 0 aliphatic carbocycles. The second-order valence-electron chi connectivity index (χ2n) is 25.5. The second kappa shape index (κ2) is 39.7. The molecule has 6 N–H and O–H groups in total. The van der Waals surface area contributed by atoms with Crippen molar-refractivity contribution in [1.82, 2.24) is 96.6 Å². The van der Waals surface area contributed by atoms with Crippen molar-refractivity contribution >= 4 is 70.9 Å². The first-order valence-electron chi connectivity index (χ1n) is 35.2. The molecule has 4 aliphatic heterocycles. The van der Waals surface area contributed by atoms with E-state index in [2.05, 4.69) is 96.6 Å². The van der Waals surface area contributed by atoms with Gasteiger partial charge >= 0.3 is 54.3 Å². The van der Waals surface area contributed by atoms with Crippen LogP contribution in [0.2, 0.25) is 0 Å². The predicted molar refractivity (Wildman–Crippen MR) is 398 cm³/mol. The van der Waals surface area contributed by atoms with Gasteiger partial charge in [0.2, 0.25) is 29.5 Å². The fraction of sp³-hybridized carbons (Fsp3) is 0.263. The smallest absolute Gasteiger partial charge is 0.870 e. The van der Waals surface area contributed by atoms with Gasteiger partial charge in [-0.15, -0.1) is 40.8 Å². The number of hydrogen-bond donors (Lipinski definition) is 4. The number of nitrogens with one attached hydrogen (secondary N) is 3. The summed E-state index contributed by atoms with van der Waals surface area (Å²) in [4.78, 5) is 137. The normalized spacial score (nSPS) is 16.0. The molecule has 12 aromatic rings. The van der Waals surface area contributed by atoms with E-state index >= 15 is 0 Å². The van der Waals surface area contributed by atoms with Crippen molar-refractivity contribution in [1.29, 1.82) is 0 Å². The predicted octanol–water partition coefficient (Wildman–Crippen LogP) is 1.13. The summed E-state index contributed by atoms with van der Waals surface area (Å²) in [5.41, 5.74) is 12.8. The number of fused-ring (bicyclic) bond motifs is 4. The molecule has 0 saturated heterocycles. The Kier molecular flexibility index (Phi) is 28.8. The van der Waals surface area contributed by atoms with Crippen molar-refractivity contribution in [3.8, 4) is 0 Å². The standard InChI is InChI=1S/3C19H18N6O3.C10H7N2O2.C9H12N4O.Li.H2O/c3*1-25-16-13(20-9-10-21-16)7-8-14(19(25)27)22-17(26)18-24-23-15(28-18)11-12-5-3-2-4-6-12;13-7-10-12-11-9(14-10)6-8-4-2-1-3-5-8;1-13-8-7(11-4-5-12-8)3-2-6(10)9(13)14;;/h3*2-6,9-10,14H,7-8,11H2,1H3,(H,22,26);1-5H,6H2;4-6H,2-3,10H2,1H3;;1H2/q;;;-1;;+1;/p-1/t2*14-;;;;;/m10...../s1. The van der Waals surface area contributed by atoms with Gasteiger partial charge in [0.15, 0.2) is 23.3 Å². The number of carbonyl (C=O) groups excluding carboxylic acids is 8. The third-order valence-electron chi connectivity index (χ3n) is 17.8. The monoisotopic (exact) mass is 1540 g/mol. The molecular formula is C76H74LiN24O13-. The Bertz CT molecular complexity index is 4870. The molecule has 2 unspecified atom stereocenters. The van der Waals surface area contributed by atoms with Gasteiger partial charge < -0.3 is 49.6 Å². The quantitative estimate of drug-likeness (QED) is 0.0825. The summed E-state index contributed by atoms with van der Waals surface area (Å²) in [5.74, 6) is 0.348. The number of likely N-dealkylation sites (N-methyl/N-ethyl adjacent to an activating group) is 4. The van der Waals surface area contributed by atoms with Crippen LogP contribution in [0.15, 0.2) is 189 Å². The van der Waals surface area contributed by atoms with Crippen molar-refractivity contribution in [3.05, 3.63) is 263 Å². The summed E-state index contributed by atoms with van der Waals surface area (Å²) >= 11 is 0. The number of nitrogens with two attached hydrogens (primary N) is 1. The Hall–Kier alpha value is -13.8. The van der Waals surface area contributed by atoms with Crippen LogP contribution in [0.3, 0.4) is 0 Å². The Balaban J connectivity index is 0.000000154. The molecule has 0 radical (unpaired) electrons. The average molecular weight is 1540 g/mol. The Morgan fingerprint density at radius 2 is 0.632 bits per heavy atom. The number of anilines is 4. The van der Waals surface area contributed by atoms with Gasteiger partial charge in [-0.3, -0.25) is 73.1 Å². The van der Waals surface area contributed by atoms with Crippen LogP contribution >= 0.6 is 0 Å². The zero-order valence-electron chi connectivity index (χ0n) is 62.3. The van der Waals surface area contributed by atoms with Gasteiger partial charge in [0, 0.05) is 77.8 Å². The third kappa shape index (κ3) is 21.4. The summed E-state index contributed by atoms with van der Waals surface area (Å²) in [6.45, 7) is 0.